The Bertz CT molecular complexity index is 646. The molecule has 0 aliphatic rings. The highest BCUT2D eigenvalue weighted by Gasteiger charge is 2.10. The molecule has 2 aromatic rings. The highest BCUT2D eigenvalue weighted by Crippen LogP contribution is 2.29. The zero-order chi connectivity index (χ0) is 15.2. The van der Waals surface area contributed by atoms with Gasteiger partial charge >= 0.3 is 0 Å². The lowest BCUT2D eigenvalue weighted by atomic mass is 10.2. The van der Waals surface area contributed by atoms with Crippen LogP contribution in [0.25, 0.3) is 0 Å². The number of methoxy groups -OCH3 is 2. The second-order valence-corrected chi connectivity index (χ2v) is 4.10. The summed E-state index contributed by atoms with van der Waals surface area (Å²) in [5, 5.41) is 2.76. The van der Waals surface area contributed by atoms with E-state index in [-0.39, 0.29) is 5.91 Å². The van der Waals surface area contributed by atoms with Gasteiger partial charge in [0.2, 0.25) is 0 Å². The smallest absolute Gasteiger partial charge is 0.255 e. The Morgan fingerprint density at radius 3 is 2.57 bits per heavy atom. The standard InChI is InChI=1S/C14H16N4O3/c1-20-11-4-3-10(8-12(11)21-2)17-14(19)9-5-6-16-13(7-9)18-15/h3-8H,15H2,1-2H3,(H,16,18)(H,17,19). The van der Waals surface area contributed by atoms with Crippen molar-refractivity contribution >= 4 is 17.4 Å². The number of nitrogens with two attached hydrogens (primary N) is 1. The third-order valence-corrected chi connectivity index (χ3v) is 2.81. The topological polar surface area (TPSA) is 98.5 Å². The van der Waals surface area contributed by atoms with E-state index in [1.54, 1.807) is 37.4 Å². The third kappa shape index (κ3) is 3.40. The molecule has 0 radical (unpaired) electrons. The van der Waals surface area contributed by atoms with Crippen LogP contribution in [0.15, 0.2) is 36.5 Å². The van der Waals surface area contributed by atoms with Gasteiger partial charge in [0, 0.05) is 23.5 Å². The molecule has 4 N–H and O–H groups in total. The summed E-state index contributed by atoms with van der Waals surface area (Å²) in [5.41, 5.74) is 3.42. The number of amides is 1. The zero-order valence-corrected chi connectivity index (χ0v) is 11.7. The van der Waals surface area contributed by atoms with Crippen molar-refractivity contribution in [2.75, 3.05) is 25.0 Å². The number of carbonyl (C=O) groups excluding carboxylic acids is 1. The minimum absolute atomic E-state index is 0.277. The summed E-state index contributed by atoms with van der Waals surface area (Å²) in [4.78, 5) is 16.1. The Balaban J connectivity index is 2.19. The van der Waals surface area contributed by atoms with Crippen LogP contribution < -0.4 is 26.1 Å². The molecule has 7 heteroatoms. The van der Waals surface area contributed by atoms with Crippen LogP contribution in [0.5, 0.6) is 11.5 Å². The summed E-state index contributed by atoms with van der Waals surface area (Å²) in [5.74, 6) is 6.53. The molecule has 0 aliphatic carbocycles. The van der Waals surface area contributed by atoms with Crippen molar-refractivity contribution in [1.82, 2.24) is 4.98 Å². The Hall–Kier alpha value is -2.80. The molecule has 1 aromatic heterocycles. The number of hydrogen-bond acceptors (Lipinski definition) is 6. The number of ether oxygens (including phenoxy) is 2. The van der Waals surface area contributed by atoms with E-state index in [2.05, 4.69) is 15.7 Å². The van der Waals surface area contributed by atoms with Gasteiger partial charge in [0.05, 0.1) is 14.2 Å². The molecule has 21 heavy (non-hydrogen) atoms. The number of nitrogen functional groups attached to an aromatic ring is 1. The summed E-state index contributed by atoms with van der Waals surface area (Å²) >= 11 is 0. The molecule has 1 aromatic carbocycles. The summed E-state index contributed by atoms with van der Waals surface area (Å²) in [6.07, 6.45) is 1.50. The fourth-order valence-corrected chi connectivity index (χ4v) is 1.77. The minimum atomic E-state index is -0.277. The average molecular weight is 288 g/mol. The molecule has 2 rings (SSSR count). The first-order chi connectivity index (χ1) is 10.2. The number of rotatable bonds is 5. The van der Waals surface area contributed by atoms with Crippen molar-refractivity contribution < 1.29 is 14.3 Å². The van der Waals surface area contributed by atoms with Crippen LogP contribution in [0.2, 0.25) is 0 Å². The molecular weight excluding hydrogens is 272 g/mol. The van der Waals surface area contributed by atoms with E-state index in [0.717, 1.165) is 0 Å². The Kier molecular flexibility index (Phi) is 4.57. The summed E-state index contributed by atoms with van der Waals surface area (Å²) in [7, 11) is 3.08. The van der Waals surface area contributed by atoms with Crippen LogP contribution in [-0.4, -0.2) is 25.1 Å². The first-order valence-corrected chi connectivity index (χ1v) is 6.14. The van der Waals surface area contributed by atoms with E-state index in [4.69, 9.17) is 15.3 Å². The third-order valence-electron chi connectivity index (χ3n) is 2.81. The van der Waals surface area contributed by atoms with E-state index in [1.807, 2.05) is 0 Å². The molecular formula is C14H16N4O3. The lowest BCUT2D eigenvalue weighted by Crippen LogP contribution is -2.14. The molecule has 0 atom stereocenters. The maximum absolute atomic E-state index is 12.2. The van der Waals surface area contributed by atoms with Crippen LogP contribution in [-0.2, 0) is 0 Å². The van der Waals surface area contributed by atoms with Gasteiger partial charge in [-0.3, -0.25) is 4.79 Å². The molecule has 110 valence electrons. The van der Waals surface area contributed by atoms with Gasteiger partial charge in [-0.25, -0.2) is 10.8 Å². The monoisotopic (exact) mass is 288 g/mol. The Morgan fingerprint density at radius 1 is 1.14 bits per heavy atom. The molecule has 1 heterocycles. The van der Waals surface area contributed by atoms with Gasteiger partial charge in [0.25, 0.3) is 5.91 Å². The maximum Gasteiger partial charge on any atom is 0.255 e. The molecule has 0 saturated heterocycles. The van der Waals surface area contributed by atoms with Crippen LogP contribution >= 0.6 is 0 Å². The van der Waals surface area contributed by atoms with Crippen molar-refractivity contribution in [3.8, 4) is 11.5 Å². The lowest BCUT2D eigenvalue weighted by Gasteiger charge is -2.11. The zero-order valence-electron chi connectivity index (χ0n) is 11.7. The second kappa shape index (κ2) is 6.58. The number of benzene rings is 1. The molecule has 0 spiro atoms. The van der Waals surface area contributed by atoms with Crippen molar-refractivity contribution in [1.29, 1.82) is 0 Å². The van der Waals surface area contributed by atoms with Crippen molar-refractivity contribution in [3.05, 3.63) is 42.1 Å². The molecule has 0 bridgehead atoms. The Morgan fingerprint density at radius 2 is 1.90 bits per heavy atom. The predicted octanol–water partition coefficient (Wildman–Crippen LogP) is 1.64. The van der Waals surface area contributed by atoms with Gasteiger partial charge < -0.3 is 20.2 Å². The van der Waals surface area contributed by atoms with Gasteiger partial charge in [-0.1, -0.05) is 0 Å². The number of hydrogen-bond donors (Lipinski definition) is 3. The van der Waals surface area contributed by atoms with Gasteiger partial charge in [0.1, 0.15) is 5.82 Å². The number of nitrogens with one attached hydrogen (secondary N) is 2. The van der Waals surface area contributed by atoms with Crippen LogP contribution in [0.1, 0.15) is 10.4 Å². The number of anilines is 2. The predicted molar refractivity (Wildman–Crippen MR) is 79.5 cm³/mol. The SMILES string of the molecule is COc1ccc(NC(=O)c2ccnc(NN)c2)cc1OC. The number of carbonyl (C=O) groups is 1. The van der Waals surface area contributed by atoms with Gasteiger partial charge in [-0.2, -0.15) is 0 Å². The molecule has 1 amide bonds. The van der Waals surface area contributed by atoms with E-state index < -0.39 is 0 Å². The maximum atomic E-state index is 12.2. The second-order valence-electron chi connectivity index (χ2n) is 4.10. The van der Waals surface area contributed by atoms with E-state index in [9.17, 15) is 4.79 Å². The highest BCUT2D eigenvalue weighted by atomic mass is 16.5. The van der Waals surface area contributed by atoms with E-state index >= 15 is 0 Å². The van der Waals surface area contributed by atoms with Gasteiger partial charge in [-0.05, 0) is 24.3 Å². The van der Waals surface area contributed by atoms with Gasteiger partial charge in [0.15, 0.2) is 11.5 Å². The fraction of sp³-hybridized carbons (Fsp3) is 0.143. The quantitative estimate of drug-likeness (QED) is 0.571. The first kappa shape index (κ1) is 14.6. The normalized spacial score (nSPS) is 9.86. The summed E-state index contributed by atoms with van der Waals surface area (Å²) in [6, 6.07) is 8.27. The molecule has 0 saturated carbocycles. The number of pyridine rings is 1. The van der Waals surface area contributed by atoms with Gasteiger partial charge in [-0.15, -0.1) is 0 Å². The van der Waals surface area contributed by atoms with E-state index in [1.165, 1.54) is 13.3 Å². The minimum Gasteiger partial charge on any atom is -0.493 e. The average Bonchev–Trinajstić information content (AvgIpc) is 2.54. The summed E-state index contributed by atoms with van der Waals surface area (Å²) < 4.78 is 10.3. The lowest BCUT2D eigenvalue weighted by molar-refractivity contribution is 0.102. The first-order valence-electron chi connectivity index (χ1n) is 6.14. The number of hydrazine groups is 1. The molecule has 7 nitrogen and oxygen atoms in total. The van der Waals surface area contributed by atoms with Crippen molar-refractivity contribution in [2.45, 2.75) is 0 Å². The Labute approximate surface area is 122 Å². The largest absolute Gasteiger partial charge is 0.493 e. The number of aromatic nitrogens is 1. The highest BCUT2D eigenvalue weighted by molar-refractivity contribution is 6.04. The summed E-state index contributed by atoms with van der Waals surface area (Å²) in [6.45, 7) is 0. The molecule has 0 aliphatic heterocycles. The van der Waals surface area contributed by atoms with E-state index in [0.29, 0.717) is 28.6 Å². The fourth-order valence-electron chi connectivity index (χ4n) is 1.77. The van der Waals surface area contributed by atoms with Crippen molar-refractivity contribution in [2.24, 2.45) is 5.84 Å². The number of nitrogens with zero attached hydrogens (tertiary/aromatic N) is 1. The van der Waals surface area contributed by atoms with Crippen molar-refractivity contribution in [3.63, 3.8) is 0 Å². The van der Waals surface area contributed by atoms with Crippen LogP contribution in [0.3, 0.4) is 0 Å². The van der Waals surface area contributed by atoms with Crippen LogP contribution in [0, 0.1) is 0 Å². The molecule has 0 fully saturated rings. The van der Waals surface area contributed by atoms with Crippen LogP contribution in [0.4, 0.5) is 11.5 Å². The molecule has 0 unspecified atom stereocenters.